The van der Waals surface area contributed by atoms with Crippen molar-refractivity contribution in [1.82, 2.24) is 10.3 Å². The van der Waals surface area contributed by atoms with Crippen LogP contribution in [-0.2, 0) is 0 Å². The molecule has 3 heterocycles. The van der Waals surface area contributed by atoms with E-state index in [0.717, 1.165) is 33.1 Å². The molecule has 5 heteroatoms. The third-order valence-corrected chi connectivity index (χ3v) is 5.46. The van der Waals surface area contributed by atoms with E-state index >= 15 is 0 Å². The summed E-state index contributed by atoms with van der Waals surface area (Å²) in [7, 11) is 0. The fraction of sp³-hybridized carbons (Fsp3) is 0.100. The maximum atomic E-state index is 12.6. The molecule has 1 aliphatic carbocycles. The van der Waals surface area contributed by atoms with Gasteiger partial charge in [0.25, 0.3) is 11.8 Å². The van der Waals surface area contributed by atoms with Crippen molar-refractivity contribution in [1.29, 1.82) is 0 Å². The second-order valence-electron chi connectivity index (χ2n) is 6.71. The highest BCUT2D eigenvalue weighted by Crippen LogP contribution is 2.49. The van der Waals surface area contributed by atoms with Crippen LogP contribution in [0.15, 0.2) is 48.6 Å². The minimum Gasteiger partial charge on any atom is -0.376 e. The molecule has 2 amide bonds. The van der Waals surface area contributed by atoms with E-state index in [0.29, 0.717) is 11.1 Å². The van der Waals surface area contributed by atoms with E-state index in [-0.39, 0.29) is 23.8 Å². The SMILES string of the molecule is O=C1NC(=O)c2c1c1c(c3[nH]c4ccccc4c23)NC2C=CC=CC12. The number of rotatable bonds is 0. The second kappa shape index (κ2) is 4.19. The Kier molecular flexibility index (Phi) is 2.18. The lowest BCUT2D eigenvalue weighted by molar-refractivity contribution is 0.0880. The average molecular weight is 327 g/mol. The third-order valence-electron chi connectivity index (χ3n) is 5.46. The fourth-order valence-corrected chi connectivity index (χ4v) is 4.47. The van der Waals surface area contributed by atoms with Crippen molar-refractivity contribution in [3.05, 3.63) is 65.3 Å². The number of aromatic amines is 1. The number of anilines is 1. The second-order valence-corrected chi connectivity index (χ2v) is 6.71. The number of benzene rings is 2. The minimum absolute atomic E-state index is 0.0567. The lowest BCUT2D eigenvalue weighted by Crippen LogP contribution is -2.21. The van der Waals surface area contributed by atoms with E-state index in [1.165, 1.54) is 0 Å². The first-order chi connectivity index (χ1) is 12.2. The van der Waals surface area contributed by atoms with Crippen LogP contribution in [0.3, 0.4) is 0 Å². The summed E-state index contributed by atoms with van der Waals surface area (Å²) in [6.45, 7) is 0. The Hall–Kier alpha value is -3.34. The topological polar surface area (TPSA) is 74.0 Å². The monoisotopic (exact) mass is 327 g/mol. The number of imide groups is 1. The number of fused-ring (bicyclic) bond motifs is 10. The van der Waals surface area contributed by atoms with E-state index in [2.05, 4.69) is 27.8 Å². The Morgan fingerprint density at radius 1 is 0.920 bits per heavy atom. The van der Waals surface area contributed by atoms with Crippen LogP contribution < -0.4 is 10.6 Å². The molecule has 0 radical (unpaired) electrons. The molecule has 3 aliphatic rings. The molecule has 2 atom stereocenters. The van der Waals surface area contributed by atoms with Crippen molar-refractivity contribution in [3.63, 3.8) is 0 Å². The third kappa shape index (κ3) is 1.44. The molecule has 3 aromatic rings. The highest BCUT2D eigenvalue weighted by atomic mass is 16.2. The van der Waals surface area contributed by atoms with Crippen molar-refractivity contribution >= 4 is 39.3 Å². The van der Waals surface area contributed by atoms with Gasteiger partial charge in [-0.05, 0) is 6.07 Å². The number of H-pyrrole nitrogens is 1. The first-order valence-corrected chi connectivity index (χ1v) is 8.31. The Bertz CT molecular complexity index is 1200. The van der Waals surface area contributed by atoms with Crippen LogP contribution in [0.2, 0.25) is 0 Å². The molecule has 1 aromatic heterocycles. The number of nitrogens with one attached hydrogen (secondary N) is 3. The minimum atomic E-state index is -0.309. The molecule has 0 bridgehead atoms. The molecule has 2 aromatic carbocycles. The lowest BCUT2D eigenvalue weighted by Gasteiger charge is -2.16. The summed E-state index contributed by atoms with van der Waals surface area (Å²) in [5.74, 6) is -0.550. The van der Waals surface area contributed by atoms with E-state index in [1.54, 1.807) is 0 Å². The number of carbonyl (C=O) groups excluding carboxylic acids is 2. The zero-order valence-electron chi connectivity index (χ0n) is 13.1. The summed E-state index contributed by atoms with van der Waals surface area (Å²) >= 11 is 0. The van der Waals surface area contributed by atoms with E-state index in [4.69, 9.17) is 0 Å². The van der Waals surface area contributed by atoms with Gasteiger partial charge in [0.15, 0.2) is 0 Å². The smallest absolute Gasteiger partial charge is 0.259 e. The van der Waals surface area contributed by atoms with Crippen LogP contribution in [-0.4, -0.2) is 22.8 Å². The summed E-state index contributed by atoms with van der Waals surface area (Å²) in [4.78, 5) is 28.6. The molecule has 0 fully saturated rings. The maximum Gasteiger partial charge on any atom is 0.259 e. The molecule has 0 saturated heterocycles. The summed E-state index contributed by atoms with van der Waals surface area (Å²) in [6, 6.07) is 7.98. The number of aromatic nitrogens is 1. The molecule has 120 valence electrons. The van der Waals surface area contributed by atoms with Gasteiger partial charge < -0.3 is 10.3 Å². The van der Waals surface area contributed by atoms with Crippen molar-refractivity contribution in [3.8, 4) is 0 Å². The van der Waals surface area contributed by atoms with Crippen molar-refractivity contribution in [2.75, 3.05) is 5.32 Å². The Labute approximate surface area is 142 Å². The zero-order valence-corrected chi connectivity index (χ0v) is 13.1. The van der Waals surface area contributed by atoms with Crippen molar-refractivity contribution in [2.24, 2.45) is 0 Å². The summed E-state index contributed by atoms with van der Waals surface area (Å²) < 4.78 is 0. The van der Waals surface area contributed by atoms with Crippen LogP contribution in [0.5, 0.6) is 0 Å². The van der Waals surface area contributed by atoms with Crippen LogP contribution >= 0.6 is 0 Å². The Balaban J connectivity index is 1.85. The van der Waals surface area contributed by atoms with Gasteiger partial charge in [0, 0.05) is 27.8 Å². The predicted molar refractivity (Wildman–Crippen MR) is 96.0 cm³/mol. The molecule has 3 N–H and O–H groups in total. The molecule has 0 spiro atoms. The number of amides is 2. The predicted octanol–water partition coefficient (Wildman–Crippen LogP) is 3.21. The summed E-state index contributed by atoms with van der Waals surface area (Å²) in [6.07, 6.45) is 8.19. The molecule has 25 heavy (non-hydrogen) atoms. The highest BCUT2D eigenvalue weighted by molar-refractivity contribution is 6.32. The summed E-state index contributed by atoms with van der Waals surface area (Å²) in [5, 5.41) is 7.83. The number of allylic oxidation sites excluding steroid dienone is 2. The van der Waals surface area contributed by atoms with Crippen LogP contribution in [0, 0.1) is 0 Å². The standard InChI is InChI=1S/C20H13N3O2/c24-19-15-13-9-5-1-3-7-11(9)21-17(13)18-14(16(15)20(25)23-19)10-6-2-4-8-12(10)22-18/h1-9,11,21-22H,(H,23,24,25). The van der Waals surface area contributed by atoms with Crippen molar-refractivity contribution in [2.45, 2.75) is 12.0 Å². The van der Waals surface area contributed by atoms with E-state index in [1.807, 2.05) is 36.4 Å². The van der Waals surface area contributed by atoms with Gasteiger partial charge in [-0.25, -0.2) is 0 Å². The van der Waals surface area contributed by atoms with Gasteiger partial charge in [0.1, 0.15) is 0 Å². The molecule has 2 unspecified atom stereocenters. The van der Waals surface area contributed by atoms with Crippen LogP contribution in [0.25, 0.3) is 21.8 Å². The van der Waals surface area contributed by atoms with E-state index < -0.39 is 0 Å². The van der Waals surface area contributed by atoms with Crippen LogP contribution in [0.4, 0.5) is 5.69 Å². The van der Waals surface area contributed by atoms with Gasteiger partial charge in [-0.3, -0.25) is 14.9 Å². The largest absolute Gasteiger partial charge is 0.376 e. The Morgan fingerprint density at radius 3 is 2.64 bits per heavy atom. The lowest BCUT2D eigenvalue weighted by atomic mass is 9.86. The molecular weight excluding hydrogens is 314 g/mol. The molecule has 2 aliphatic heterocycles. The number of hydrogen-bond donors (Lipinski definition) is 3. The number of hydrogen-bond acceptors (Lipinski definition) is 3. The van der Waals surface area contributed by atoms with Crippen molar-refractivity contribution < 1.29 is 9.59 Å². The zero-order chi connectivity index (χ0) is 16.7. The molecule has 6 rings (SSSR count). The van der Waals surface area contributed by atoms with E-state index in [9.17, 15) is 9.59 Å². The summed E-state index contributed by atoms with van der Waals surface area (Å²) in [5.41, 5.74) is 4.74. The van der Waals surface area contributed by atoms with Gasteiger partial charge in [-0.2, -0.15) is 0 Å². The molecule has 0 saturated carbocycles. The van der Waals surface area contributed by atoms with Crippen LogP contribution in [0.1, 0.15) is 32.2 Å². The highest BCUT2D eigenvalue weighted by Gasteiger charge is 2.42. The van der Waals surface area contributed by atoms with Gasteiger partial charge in [0.2, 0.25) is 0 Å². The maximum absolute atomic E-state index is 12.6. The van der Waals surface area contributed by atoms with Gasteiger partial charge >= 0.3 is 0 Å². The first-order valence-electron chi connectivity index (χ1n) is 8.31. The number of para-hydroxylation sites is 1. The normalized spacial score (nSPS) is 22.9. The fourth-order valence-electron chi connectivity index (χ4n) is 4.47. The average Bonchev–Trinajstić information content (AvgIpc) is 3.26. The van der Waals surface area contributed by atoms with Gasteiger partial charge in [-0.1, -0.05) is 42.5 Å². The molecule has 5 nitrogen and oxygen atoms in total. The quantitative estimate of drug-likeness (QED) is 0.555. The number of carbonyl (C=O) groups is 2. The van der Waals surface area contributed by atoms with Gasteiger partial charge in [0.05, 0.1) is 28.4 Å². The van der Waals surface area contributed by atoms with Gasteiger partial charge in [-0.15, -0.1) is 0 Å². The first kappa shape index (κ1) is 13.0. The molecular formula is C20H13N3O2. The Morgan fingerprint density at radius 2 is 1.72 bits per heavy atom.